The predicted octanol–water partition coefficient (Wildman–Crippen LogP) is 1.49. The smallest absolute Gasteiger partial charge is 0.246 e. The Labute approximate surface area is 102 Å². The van der Waals surface area contributed by atoms with Crippen molar-refractivity contribution in [2.45, 2.75) is 20.1 Å². The maximum absolute atomic E-state index is 11.4. The number of nitrogens with one attached hydrogen (secondary N) is 1. The molecule has 0 aliphatic carbocycles. The molecular weight excluding hydrogens is 218 g/mol. The molecule has 0 unspecified atom stereocenters. The minimum Gasteiger partial charge on any atom is -0.380 e. The minimum atomic E-state index is -0.0981. The van der Waals surface area contributed by atoms with Gasteiger partial charge in [-0.25, -0.2) is 0 Å². The number of benzene rings is 1. The van der Waals surface area contributed by atoms with Crippen molar-refractivity contribution in [1.29, 1.82) is 0 Å². The fraction of sp³-hybridized carbons (Fsp3) is 0.462. The summed E-state index contributed by atoms with van der Waals surface area (Å²) in [5.41, 5.74) is 2.16. The van der Waals surface area contributed by atoms with Crippen molar-refractivity contribution in [1.82, 2.24) is 5.32 Å². The highest BCUT2D eigenvalue weighted by molar-refractivity contribution is 5.77. The number of carbonyl (C=O) groups excluding carboxylic acids is 1. The van der Waals surface area contributed by atoms with E-state index in [4.69, 9.17) is 9.47 Å². The van der Waals surface area contributed by atoms with Crippen LogP contribution in [0, 0.1) is 0 Å². The van der Waals surface area contributed by atoms with Crippen molar-refractivity contribution in [2.24, 2.45) is 0 Å². The Morgan fingerprint density at radius 2 is 2.00 bits per heavy atom. The van der Waals surface area contributed by atoms with Gasteiger partial charge in [0.25, 0.3) is 0 Å². The molecule has 1 aromatic carbocycles. The van der Waals surface area contributed by atoms with Gasteiger partial charge in [-0.15, -0.1) is 0 Å². The lowest BCUT2D eigenvalue weighted by Crippen LogP contribution is -2.27. The summed E-state index contributed by atoms with van der Waals surface area (Å²) in [6.45, 7) is 3.58. The van der Waals surface area contributed by atoms with Gasteiger partial charge in [0, 0.05) is 20.3 Å². The van der Waals surface area contributed by atoms with Crippen LogP contribution in [0.2, 0.25) is 0 Å². The van der Waals surface area contributed by atoms with Gasteiger partial charge in [-0.1, -0.05) is 24.3 Å². The van der Waals surface area contributed by atoms with E-state index in [1.165, 1.54) is 0 Å². The third kappa shape index (κ3) is 4.97. The molecule has 17 heavy (non-hydrogen) atoms. The molecule has 0 fully saturated rings. The van der Waals surface area contributed by atoms with Gasteiger partial charge in [-0.05, 0) is 18.1 Å². The fourth-order valence-electron chi connectivity index (χ4n) is 1.47. The minimum absolute atomic E-state index is 0.0981. The summed E-state index contributed by atoms with van der Waals surface area (Å²) in [6.07, 6.45) is 0. The van der Waals surface area contributed by atoms with Crippen LogP contribution in [-0.2, 0) is 27.4 Å². The Morgan fingerprint density at radius 3 is 2.65 bits per heavy atom. The fourth-order valence-corrected chi connectivity index (χ4v) is 1.47. The molecule has 1 aromatic rings. The zero-order chi connectivity index (χ0) is 12.5. The van der Waals surface area contributed by atoms with Crippen LogP contribution in [0.4, 0.5) is 0 Å². The van der Waals surface area contributed by atoms with Crippen LogP contribution >= 0.6 is 0 Å². The van der Waals surface area contributed by atoms with Gasteiger partial charge in [0.05, 0.1) is 6.61 Å². The SMILES string of the molecule is CCOCC(=O)NCc1ccccc1COC. The van der Waals surface area contributed by atoms with Gasteiger partial charge in [-0.2, -0.15) is 0 Å². The molecule has 0 bridgehead atoms. The number of hydrogen-bond donors (Lipinski definition) is 1. The van der Waals surface area contributed by atoms with E-state index in [2.05, 4.69) is 5.32 Å². The molecule has 0 radical (unpaired) electrons. The molecule has 0 aliphatic rings. The average Bonchev–Trinajstić information content (AvgIpc) is 2.35. The first-order valence-corrected chi connectivity index (χ1v) is 5.68. The second kappa shape index (κ2) is 7.81. The molecular formula is C13H19NO3. The van der Waals surface area contributed by atoms with Crippen molar-refractivity contribution in [3.05, 3.63) is 35.4 Å². The number of carbonyl (C=O) groups is 1. The maximum atomic E-state index is 11.4. The topological polar surface area (TPSA) is 47.6 Å². The number of rotatable bonds is 7. The second-order valence-corrected chi connectivity index (χ2v) is 3.62. The number of ether oxygens (including phenoxy) is 2. The van der Waals surface area contributed by atoms with Gasteiger partial charge in [0.15, 0.2) is 0 Å². The molecule has 1 rings (SSSR count). The van der Waals surface area contributed by atoms with Crippen molar-refractivity contribution in [3.63, 3.8) is 0 Å². The molecule has 0 atom stereocenters. The molecule has 4 nitrogen and oxygen atoms in total. The monoisotopic (exact) mass is 237 g/mol. The standard InChI is InChI=1S/C13H19NO3/c1-3-17-10-13(15)14-8-11-6-4-5-7-12(11)9-16-2/h4-7H,3,8-10H2,1-2H3,(H,14,15). The molecule has 1 N–H and O–H groups in total. The molecule has 0 saturated heterocycles. The maximum Gasteiger partial charge on any atom is 0.246 e. The van der Waals surface area contributed by atoms with Crippen LogP contribution in [0.5, 0.6) is 0 Å². The molecule has 0 aliphatic heterocycles. The number of amides is 1. The van der Waals surface area contributed by atoms with Crippen LogP contribution < -0.4 is 5.32 Å². The highest BCUT2D eigenvalue weighted by Gasteiger charge is 2.04. The Balaban J connectivity index is 2.47. The Hall–Kier alpha value is -1.39. The number of hydrogen-bond acceptors (Lipinski definition) is 3. The van der Waals surface area contributed by atoms with E-state index in [0.29, 0.717) is 19.8 Å². The third-order valence-electron chi connectivity index (χ3n) is 2.33. The first kappa shape index (κ1) is 13.7. The van der Waals surface area contributed by atoms with Crippen LogP contribution in [0.3, 0.4) is 0 Å². The highest BCUT2D eigenvalue weighted by atomic mass is 16.5. The normalized spacial score (nSPS) is 10.2. The summed E-state index contributed by atoms with van der Waals surface area (Å²) in [6, 6.07) is 7.88. The summed E-state index contributed by atoms with van der Waals surface area (Å²) >= 11 is 0. The Morgan fingerprint density at radius 1 is 1.29 bits per heavy atom. The molecule has 0 spiro atoms. The number of methoxy groups -OCH3 is 1. The molecule has 1 amide bonds. The third-order valence-corrected chi connectivity index (χ3v) is 2.33. The van der Waals surface area contributed by atoms with Gasteiger partial charge in [0.1, 0.15) is 6.61 Å². The van der Waals surface area contributed by atoms with Crippen molar-refractivity contribution in [2.75, 3.05) is 20.3 Å². The highest BCUT2D eigenvalue weighted by Crippen LogP contribution is 2.09. The summed E-state index contributed by atoms with van der Waals surface area (Å²) in [7, 11) is 1.66. The van der Waals surface area contributed by atoms with Crippen molar-refractivity contribution >= 4 is 5.91 Å². The average molecular weight is 237 g/mol. The van der Waals surface area contributed by atoms with E-state index in [-0.39, 0.29) is 12.5 Å². The van der Waals surface area contributed by atoms with Crippen LogP contribution in [0.25, 0.3) is 0 Å². The first-order valence-electron chi connectivity index (χ1n) is 5.68. The van der Waals surface area contributed by atoms with E-state index >= 15 is 0 Å². The van der Waals surface area contributed by atoms with Crippen LogP contribution in [-0.4, -0.2) is 26.2 Å². The second-order valence-electron chi connectivity index (χ2n) is 3.62. The first-order chi connectivity index (χ1) is 8.27. The zero-order valence-corrected chi connectivity index (χ0v) is 10.4. The molecule has 0 saturated carbocycles. The summed E-state index contributed by atoms with van der Waals surface area (Å²) in [4.78, 5) is 11.4. The van der Waals surface area contributed by atoms with Gasteiger partial charge < -0.3 is 14.8 Å². The quantitative estimate of drug-likeness (QED) is 0.781. The summed E-state index contributed by atoms with van der Waals surface area (Å²) < 4.78 is 10.1. The van der Waals surface area contributed by atoms with Gasteiger partial charge >= 0.3 is 0 Å². The van der Waals surface area contributed by atoms with Crippen LogP contribution in [0.15, 0.2) is 24.3 Å². The van der Waals surface area contributed by atoms with E-state index in [9.17, 15) is 4.79 Å². The van der Waals surface area contributed by atoms with E-state index in [0.717, 1.165) is 11.1 Å². The van der Waals surface area contributed by atoms with Gasteiger partial charge in [-0.3, -0.25) is 4.79 Å². The van der Waals surface area contributed by atoms with E-state index < -0.39 is 0 Å². The molecule has 0 heterocycles. The van der Waals surface area contributed by atoms with Crippen LogP contribution in [0.1, 0.15) is 18.1 Å². The Bertz CT molecular complexity index is 352. The lowest BCUT2D eigenvalue weighted by molar-refractivity contribution is -0.125. The van der Waals surface area contributed by atoms with Gasteiger partial charge in [0.2, 0.25) is 5.91 Å². The molecule has 0 aromatic heterocycles. The Kier molecular flexibility index (Phi) is 6.29. The summed E-state index contributed by atoms with van der Waals surface area (Å²) in [5, 5.41) is 2.81. The van der Waals surface area contributed by atoms with E-state index in [1.807, 2.05) is 31.2 Å². The van der Waals surface area contributed by atoms with E-state index in [1.54, 1.807) is 7.11 Å². The van der Waals surface area contributed by atoms with Crippen molar-refractivity contribution < 1.29 is 14.3 Å². The largest absolute Gasteiger partial charge is 0.380 e. The lowest BCUT2D eigenvalue weighted by atomic mass is 10.1. The molecule has 4 heteroatoms. The zero-order valence-electron chi connectivity index (χ0n) is 10.4. The predicted molar refractivity (Wildman–Crippen MR) is 65.5 cm³/mol. The lowest BCUT2D eigenvalue weighted by Gasteiger charge is -2.10. The summed E-state index contributed by atoms with van der Waals surface area (Å²) in [5.74, 6) is -0.0981. The molecule has 94 valence electrons. The van der Waals surface area contributed by atoms with Crippen molar-refractivity contribution in [3.8, 4) is 0 Å².